The van der Waals surface area contributed by atoms with E-state index >= 15 is 0 Å². The predicted molar refractivity (Wildman–Crippen MR) is 305 cm³/mol. The average molecular weight is 998 g/mol. The molecule has 4 heterocycles. The van der Waals surface area contributed by atoms with Crippen LogP contribution in [0.5, 0.6) is 0 Å². The van der Waals surface area contributed by atoms with E-state index < -0.39 is 0 Å². The van der Waals surface area contributed by atoms with Crippen LogP contribution in [-0.4, -0.2) is 239 Å². The molecule has 4 aliphatic heterocycles. The van der Waals surface area contributed by atoms with Crippen molar-refractivity contribution in [2.45, 2.75) is 259 Å². The highest BCUT2D eigenvalue weighted by atomic mass is 15.3. The number of nitrogens with two attached hydrogens (primary N) is 8. The minimum atomic E-state index is -0.127. The second-order valence-corrected chi connectivity index (χ2v) is 25.4. The first-order valence-corrected chi connectivity index (χ1v) is 28.2. The van der Waals surface area contributed by atoms with Crippen LogP contribution in [0.1, 0.15) is 151 Å². The molecule has 0 spiro atoms. The van der Waals surface area contributed by atoms with E-state index in [-0.39, 0.29) is 35.2 Å². The molecule has 16 atom stereocenters. The van der Waals surface area contributed by atoms with E-state index in [1.165, 1.54) is 0 Å². The molecular formula is C54H124N16. The molecular weight excluding hydrogens is 873 g/mol. The van der Waals surface area contributed by atoms with Crippen molar-refractivity contribution in [3.63, 3.8) is 0 Å². The highest BCUT2D eigenvalue weighted by molar-refractivity contribution is 4.95. The SMILES string of the molecule is CC(N)C(C)N1CC(C)N(C(C)C(C)N)C(C)C1.CC(N)CN1CC(C)N(CC(C)N)C(C)C1.CC1CN(CC(C)(C)N)CC(C)N1CC(C)(C)N.CCC(N)CN1CC(C)N(CC(N)CC)C(C)C1. The zero-order valence-electron chi connectivity index (χ0n) is 49.7. The lowest BCUT2D eigenvalue weighted by Crippen LogP contribution is -2.64. The Labute approximate surface area is 434 Å². The van der Waals surface area contributed by atoms with Crippen molar-refractivity contribution in [3.8, 4) is 0 Å². The van der Waals surface area contributed by atoms with Crippen LogP contribution in [0.2, 0.25) is 0 Å². The number of nitrogens with zero attached hydrogens (tertiary/aromatic N) is 8. The lowest BCUT2D eigenvalue weighted by atomic mass is 9.99. The minimum absolute atomic E-state index is 0.116. The lowest BCUT2D eigenvalue weighted by molar-refractivity contribution is -0.0117. The third kappa shape index (κ3) is 24.8. The van der Waals surface area contributed by atoms with E-state index in [0.717, 1.165) is 104 Å². The summed E-state index contributed by atoms with van der Waals surface area (Å²) in [6, 6.07) is 6.93. The third-order valence-electron chi connectivity index (χ3n) is 15.4. The summed E-state index contributed by atoms with van der Waals surface area (Å²) < 4.78 is 0. The molecule has 0 bridgehead atoms. The van der Waals surface area contributed by atoms with Crippen LogP contribution in [0.4, 0.5) is 0 Å². The van der Waals surface area contributed by atoms with Gasteiger partial charge in [-0.3, -0.25) is 39.2 Å². The van der Waals surface area contributed by atoms with Gasteiger partial charge in [-0.05, 0) is 137 Å². The Balaban J connectivity index is 0.000000467. The molecule has 0 aromatic carbocycles. The second kappa shape index (κ2) is 31.4. The van der Waals surface area contributed by atoms with E-state index in [4.69, 9.17) is 45.9 Å². The number of hydrogen-bond acceptors (Lipinski definition) is 16. The molecule has 0 aliphatic carbocycles. The van der Waals surface area contributed by atoms with E-state index in [1.807, 2.05) is 0 Å². The number of hydrogen-bond donors (Lipinski definition) is 8. The van der Waals surface area contributed by atoms with Gasteiger partial charge in [0.2, 0.25) is 0 Å². The summed E-state index contributed by atoms with van der Waals surface area (Å²) in [5, 5.41) is 0. The van der Waals surface area contributed by atoms with Crippen molar-refractivity contribution in [2.75, 3.05) is 91.6 Å². The average Bonchev–Trinajstić information content (AvgIpc) is 3.20. The van der Waals surface area contributed by atoms with Gasteiger partial charge in [-0.25, -0.2) is 0 Å². The Hall–Kier alpha value is -0.640. The minimum Gasteiger partial charge on any atom is -0.327 e. The van der Waals surface area contributed by atoms with Gasteiger partial charge in [0.05, 0.1) is 0 Å². The van der Waals surface area contributed by atoms with Crippen molar-refractivity contribution in [1.82, 2.24) is 39.2 Å². The monoisotopic (exact) mass is 997 g/mol. The van der Waals surface area contributed by atoms with E-state index in [0.29, 0.717) is 72.5 Å². The fraction of sp³-hybridized carbons (Fsp3) is 1.00. The predicted octanol–water partition coefficient (Wildman–Crippen LogP) is 2.64. The van der Waals surface area contributed by atoms with Gasteiger partial charge < -0.3 is 45.9 Å². The molecule has 16 heteroatoms. The maximum absolute atomic E-state index is 6.15. The first-order chi connectivity index (χ1) is 32.1. The number of piperazine rings is 4. The lowest BCUT2D eigenvalue weighted by Gasteiger charge is -2.50. The van der Waals surface area contributed by atoms with Crippen molar-refractivity contribution in [2.24, 2.45) is 45.9 Å². The van der Waals surface area contributed by atoms with Crippen LogP contribution in [-0.2, 0) is 0 Å². The second-order valence-electron chi connectivity index (χ2n) is 25.4. The molecule has 4 rings (SSSR count). The summed E-state index contributed by atoms with van der Waals surface area (Å²) in [7, 11) is 0. The highest BCUT2D eigenvalue weighted by Crippen LogP contribution is 2.23. The molecule has 420 valence electrons. The van der Waals surface area contributed by atoms with Crippen LogP contribution in [0.3, 0.4) is 0 Å². The van der Waals surface area contributed by atoms with E-state index in [9.17, 15) is 0 Å². The molecule has 4 aliphatic rings. The number of rotatable bonds is 18. The molecule has 70 heavy (non-hydrogen) atoms. The zero-order chi connectivity index (χ0) is 54.2. The van der Waals surface area contributed by atoms with Gasteiger partial charge >= 0.3 is 0 Å². The summed E-state index contributed by atoms with van der Waals surface area (Å²) in [6.07, 6.45) is 2.12. The molecule has 0 saturated carbocycles. The normalized spacial score (nSPS) is 31.4. The zero-order valence-corrected chi connectivity index (χ0v) is 49.7. The smallest absolute Gasteiger partial charge is 0.0226 e. The van der Waals surface area contributed by atoms with Gasteiger partial charge in [0, 0.05) is 199 Å². The highest BCUT2D eigenvalue weighted by Gasteiger charge is 2.37. The van der Waals surface area contributed by atoms with Crippen LogP contribution < -0.4 is 45.9 Å². The Morgan fingerprint density at radius 3 is 1.07 bits per heavy atom. The maximum Gasteiger partial charge on any atom is 0.0226 e. The van der Waals surface area contributed by atoms with Crippen LogP contribution in [0.25, 0.3) is 0 Å². The molecule has 16 nitrogen and oxygen atoms in total. The molecule has 4 saturated heterocycles. The fourth-order valence-electron chi connectivity index (χ4n) is 11.6. The van der Waals surface area contributed by atoms with Crippen molar-refractivity contribution in [3.05, 3.63) is 0 Å². The summed E-state index contributed by atoms with van der Waals surface area (Å²) >= 11 is 0. The quantitative estimate of drug-likeness (QED) is 0.0987. The van der Waals surface area contributed by atoms with Crippen molar-refractivity contribution < 1.29 is 0 Å². The Morgan fingerprint density at radius 2 is 0.729 bits per heavy atom. The van der Waals surface area contributed by atoms with Gasteiger partial charge in [0.25, 0.3) is 0 Å². The summed E-state index contributed by atoms with van der Waals surface area (Å²) in [6.45, 7) is 58.6. The maximum atomic E-state index is 6.15. The largest absolute Gasteiger partial charge is 0.327 e. The van der Waals surface area contributed by atoms with Crippen LogP contribution in [0.15, 0.2) is 0 Å². The van der Waals surface area contributed by atoms with E-state index in [1.54, 1.807) is 0 Å². The molecule has 0 radical (unpaired) electrons. The third-order valence-corrected chi connectivity index (χ3v) is 15.4. The Morgan fingerprint density at radius 1 is 0.400 bits per heavy atom. The first-order valence-electron chi connectivity index (χ1n) is 28.2. The van der Waals surface area contributed by atoms with Crippen LogP contribution in [0, 0.1) is 0 Å². The molecule has 0 amide bonds. The summed E-state index contributed by atoms with van der Waals surface area (Å²) in [5.74, 6) is 0. The first kappa shape index (κ1) is 67.4. The van der Waals surface area contributed by atoms with Crippen LogP contribution >= 0.6 is 0 Å². The van der Waals surface area contributed by atoms with Crippen molar-refractivity contribution >= 4 is 0 Å². The Kier molecular flexibility index (Phi) is 30.2. The van der Waals surface area contributed by atoms with Crippen molar-refractivity contribution in [1.29, 1.82) is 0 Å². The van der Waals surface area contributed by atoms with Gasteiger partial charge in [0.1, 0.15) is 0 Å². The molecule has 16 N–H and O–H groups in total. The Bertz CT molecular complexity index is 1310. The molecule has 16 unspecified atom stereocenters. The van der Waals surface area contributed by atoms with Gasteiger partial charge in [-0.15, -0.1) is 0 Å². The van der Waals surface area contributed by atoms with E-state index in [2.05, 4.69) is 178 Å². The summed E-state index contributed by atoms with van der Waals surface area (Å²) in [5.41, 5.74) is 48.0. The topological polar surface area (TPSA) is 234 Å². The molecule has 4 fully saturated rings. The molecule has 0 aromatic heterocycles. The standard InChI is InChI=1S/3C14H32N4.C12H28N4/c1-11-7-17(9-13(3,4)15)8-12(2)18(11)10-14(5,6)16;1-9-7-17(13(5)11(3)15)8-10(2)18(9)14(6)12(4)16;1-5-13(15)9-17-7-11(3)18(12(4)8-17)10-14(16)6-2;1-9(13)5-15-7-11(3)16(6-10(2)14)12(4)8-15/h11-12H,7-10,15-16H2,1-6H3;9-14H,7-8,15-16H2,1-6H3;11-14H,5-10,15-16H2,1-4H3;9-12H,5-8,13-14H2,1-4H3. The van der Waals surface area contributed by atoms with Gasteiger partial charge in [-0.2, -0.15) is 0 Å². The van der Waals surface area contributed by atoms with Gasteiger partial charge in [-0.1, -0.05) is 13.8 Å². The fourth-order valence-corrected chi connectivity index (χ4v) is 11.6. The molecule has 0 aromatic rings. The van der Waals surface area contributed by atoms with Gasteiger partial charge in [0.15, 0.2) is 0 Å². The summed E-state index contributed by atoms with van der Waals surface area (Å²) in [4.78, 5) is 20.1.